The molecule has 0 unspecified atom stereocenters. The van der Waals surface area contributed by atoms with E-state index in [1.807, 2.05) is 42.5 Å². The zero-order valence-electron chi connectivity index (χ0n) is 23.2. The Morgan fingerprint density at radius 3 is 2.18 bits per heavy atom. The standard InChI is InChI=1S/C32H44N2O2S.BrH/c1-3-4-5-6-7-8-9-10-11-12-13-16-23-36-31-21-15-14-20-30(31)33-32(35)29-19-17-18-28(25-29)26-34-22-24-37-27(34)2;/h14-15,17-22,24-25H,3-13,16,23,26H2,1-2H3;1H. The number of hydrogen-bond acceptors (Lipinski definition) is 3. The second-order valence-corrected chi connectivity index (χ2v) is 11.0. The lowest BCUT2D eigenvalue weighted by atomic mass is 10.1. The molecule has 0 atom stereocenters. The molecule has 0 saturated carbocycles. The van der Waals surface area contributed by atoms with Gasteiger partial charge in [-0.25, -0.2) is 0 Å². The molecule has 0 bridgehead atoms. The van der Waals surface area contributed by atoms with E-state index in [-0.39, 0.29) is 22.9 Å². The van der Waals surface area contributed by atoms with Crippen molar-refractivity contribution in [2.45, 2.75) is 97.4 Å². The second-order valence-electron chi connectivity index (χ2n) is 9.94. The number of aryl methyl sites for hydroxylation is 1. The fourth-order valence-corrected chi connectivity index (χ4v) is 5.23. The van der Waals surface area contributed by atoms with Crippen molar-refractivity contribution in [1.82, 2.24) is 0 Å². The number of amides is 1. The summed E-state index contributed by atoms with van der Waals surface area (Å²) in [6, 6.07) is 15.6. The molecule has 3 aromatic rings. The van der Waals surface area contributed by atoms with E-state index >= 15 is 0 Å². The summed E-state index contributed by atoms with van der Waals surface area (Å²) >= 11 is 1.72. The van der Waals surface area contributed by atoms with Crippen LogP contribution in [-0.2, 0) is 6.54 Å². The normalized spacial score (nSPS) is 10.7. The predicted molar refractivity (Wildman–Crippen MR) is 156 cm³/mol. The van der Waals surface area contributed by atoms with Crippen LogP contribution in [0.2, 0.25) is 0 Å². The molecule has 0 aliphatic rings. The summed E-state index contributed by atoms with van der Waals surface area (Å²) in [5.41, 5.74) is 2.48. The molecular weight excluding hydrogens is 556 g/mol. The molecule has 0 aliphatic heterocycles. The van der Waals surface area contributed by atoms with Gasteiger partial charge in [0.15, 0.2) is 12.7 Å². The Labute approximate surface area is 244 Å². The van der Waals surface area contributed by atoms with Crippen LogP contribution in [-0.4, -0.2) is 12.5 Å². The predicted octanol–water partition coefficient (Wildman–Crippen LogP) is 5.73. The lowest BCUT2D eigenvalue weighted by molar-refractivity contribution is -0.689. The number of unbranched alkanes of at least 4 members (excludes halogenated alkanes) is 11. The lowest BCUT2D eigenvalue weighted by Crippen LogP contribution is -3.00. The first-order valence-electron chi connectivity index (χ1n) is 14.2. The first-order valence-corrected chi connectivity index (χ1v) is 15.1. The number of thiazole rings is 1. The Hall–Kier alpha value is -2.18. The van der Waals surface area contributed by atoms with Gasteiger partial charge in [-0.05, 0) is 30.7 Å². The van der Waals surface area contributed by atoms with Crippen molar-refractivity contribution in [3.63, 3.8) is 0 Å². The van der Waals surface area contributed by atoms with Crippen LogP contribution in [0.3, 0.4) is 0 Å². The molecule has 1 aromatic heterocycles. The number of aromatic nitrogens is 1. The molecule has 0 fully saturated rings. The van der Waals surface area contributed by atoms with Gasteiger partial charge < -0.3 is 27.0 Å². The van der Waals surface area contributed by atoms with E-state index in [2.05, 4.69) is 41.4 Å². The number of rotatable bonds is 18. The molecule has 0 radical (unpaired) electrons. The Balaban J connectivity index is 0.00000507. The van der Waals surface area contributed by atoms with Gasteiger partial charge in [-0.3, -0.25) is 4.79 Å². The number of para-hydroxylation sites is 2. The number of nitrogens with zero attached hydrogens (tertiary/aromatic N) is 1. The molecule has 3 rings (SSSR count). The monoisotopic (exact) mass is 600 g/mol. The summed E-state index contributed by atoms with van der Waals surface area (Å²) in [5.74, 6) is 0.620. The van der Waals surface area contributed by atoms with Crippen LogP contribution in [0.5, 0.6) is 5.75 Å². The summed E-state index contributed by atoms with van der Waals surface area (Å²) in [5, 5.41) is 6.38. The SMILES string of the molecule is CCCCCCCCCCCCCCOc1ccccc1NC(=O)c1cccc(C[n+]2ccsc2C)c1.[Br-]. The van der Waals surface area contributed by atoms with Gasteiger partial charge in [-0.1, -0.05) is 113 Å². The minimum atomic E-state index is -0.115. The maximum atomic E-state index is 13.0. The third-order valence-electron chi connectivity index (χ3n) is 6.82. The van der Waals surface area contributed by atoms with Gasteiger partial charge in [0.1, 0.15) is 5.75 Å². The Morgan fingerprint density at radius 2 is 1.53 bits per heavy atom. The molecule has 0 aliphatic carbocycles. The van der Waals surface area contributed by atoms with Crippen molar-refractivity contribution in [2.24, 2.45) is 0 Å². The zero-order chi connectivity index (χ0) is 26.1. The van der Waals surface area contributed by atoms with E-state index in [1.54, 1.807) is 11.3 Å². The third-order valence-corrected chi connectivity index (χ3v) is 7.65. The molecule has 2 aromatic carbocycles. The summed E-state index contributed by atoms with van der Waals surface area (Å²) < 4.78 is 8.25. The first-order chi connectivity index (χ1) is 18.2. The topological polar surface area (TPSA) is 42.2 Å². The number of halogens is 1. The highest BCUT2D eigenvalue weighted by molar-refractivity contribution is 7.09. The van der Waals surface area contributed by atoms with Gasteiger partial charge in [0, 0.05) is 18.1 Å². The summed E-state index contributed by atoms with van der Waals surface area (Å²) in [6.45, 7) is 5.82. The molecular formula is C32H45BrN2O2S. The smallest absolute Gasteiger partial charge is 0.255 e. The fourth-order valence-electron chi connectivity index (χ4n) is 4.56. The highest BCUT2D eigenvalue weighted by atomic mass is 79.9. The van der Waals surface area contributed by atoms with Crippen molar-refractivity contribution in [3.05, 3.63) is 76.2 Å². The van der Waals surface area contributed by atoms with Crippen LogP contribution in [0.25, 0.3) is 0 Å². The van der Waals surface area contributed by atoms with Crippen LogP contribution in [0.1, 0.15) is 105 Å². The fraction of sp³-hybridized carbons (Fsp3) is 0.500. The Kier molecular flexibility index (Phi) is 16.0. The van der Waals surface area contributed by atoms with Gasteiger partial charge in [0.25, 0.3) is 5.91 Å². The van der Waals surface area contributed by atoms with Gasteiger partial charge in [0.05, 0.1) is 17.7 Å². The molecule has 38 heavy (non-hydrogen) atoms. The third kappa shape index (κ3) is 11.7. The maximum absolute atomic E-state index is 13.0. The van der Waals surface area contributed by atoms with Crippen molar-refractivity contribution in [3.8, 4) is 5.75 Å². The zero-order valence-corrected chi connectivity index (χ0v) is 25.6. The van der Waals surface area contributed by atoms with E-state index in [4.69, 9.17) is 4.74 Å². The Morgan fingerprint density at radius 1 is 0.868 bits per heavy atom. The first kappa shape index (κ1) is 32.0. The van der Waals surface area contributed by atoms with Crippen molar-refractivity contribution >= 4 is 22.9 Å². The van der Waals surface area contributed by atoms with E-state index in [9.17, 15) is 4.79 Å². The Bertz CT molecular complexity index is 1070. The highest BCUT2D eigenvalue weighted by Gasteiger charge is 2.13. The van der Waals surface area contributed by atoms with Crippen molar-refractivity contribution in [2.75, 3.05) is 11.9 Å². The van der Waals surface area contributed by atoms with Crippen LogP contribution in [0.15, 0.2) is 60.1 Å². The largest absolute Gasteiger partial charge is 1.00 e. The van der Waals surface area contributed by atoms with Crippen LogP contribution < -0.4 is 31.6 Å². The molecule has 1 N–H and O–H groups in total. The van der Waals surface area contributed by atoms with Gasteiger partial charge in [0.2, 0.25) is 5.01 Å². The minimum absolute atomic E-state index is 0. The molecule has 1 heterocycles. The van der Waals surface area contributed by atoms with E-state index < -0.39 is 0 Å². The quantitative estimate of drug-likeness (QED) is 0.150. The number of hydrogen-bond donors (Lipinski definition) is 1. The van der Waals surface area contributed by atoms with Gasteiger partial charge in [-0.15, -0.1) is 0 Å². The van der Waals surface area contributed by atoms with E-state index in [0.717, 1.165) is 30.0 Å². The van der Waals surface area contributed by atoms with E-state index in [0.29, 0.717) is 12.2 Å². The van der Waals surface area contributed by atoms with Gasteiger partial charge in [-0.2, -0.15) is 4.57 Å². The molecule has 4 nitrogen and oxygen atoms in total. The van der Waals surface area contributed by atoms with E-state index in [1.165, 1.54) is 75.6 Å². The highest BCUT2D eigenvalue weighted by Crippen LogP contribution is 2.25. The van der Waals surface area contributed by atoms with Crippen molar-refractivity contribution < 1.29 is 31.1 Å². The van der Waals surface area contributed by atoms with Crippen molar-refractivity contribution in [1.29, 1.82) is 0 Å². The maximum Gasteiger partial charge on any atom is 0.255 e. The number of carbonyl (C=O) groups is 1. The second kappa shape index (κ2) is 19.0. The molecule has 6 heteroatoms. The molecule has 0 spiro atoms. The van der Waals surface area contributed by atoms with Gasteiger partial charge >= 0.3 is 0 Å². The molecule has 0 saturated heterocycles. The number of ether oxygens (including phenoxy) is 1. The van der Waals surface area contributed by atoms with Crippen LogP contribution >= 0.6 is 11.3 Å². The lowest BCUT2D eigenvalue weighted by Gasteiger charge is -2.13. The molecule has 208 valence electrons. The van der Waals surface area contributed by atoms with Crippen LogP contribution in [0.4, 0.5) is 5.69 Å². The number of anilines is 1. The van der Waals surface area contributed by atoms with Crippen LogP contribution in [0, 0.1) is 6.92 Å². The number of nitrogens with one attached hydrogen (secondary N) is 1. The summed E-state index contributed by atoms with van der Waals surface area (Å²) in [7, 11) is 0. The summed E-state index contributed by atoms with van der Waals surface area (Å²) in [4.78, 5) is 13.0. The minimum Gasteiger partial charge on any atom is -1.00 e. The number of benzene rings is 2. The number of carbonyl (C=O) groups excluding carboxylic acids is 1. The molecule has 1 amide bonds. The average Bonchev–Trinajstić information content (AvgIpc) is 3.31. The summed E-state index contributed by atoms with van der Waals surface area (Å²) in [6.07, 6.45) is 18.0. The average molecular weight is 602 g/mol.